The zero-order chi connectivity index (χ0) is 19.0. The van der Waals surface area contributed by atoms with Crippen LogP contribution in [0, 0.1) is 5.41 Å². The van der Waals surface area contributed by atoms with Crippen LogP contribution in [0.3, 0.4) is 0 Å². The van der Waals surface area contributed by atoms with Gasteiger partial charge in [0.15, 0.2) is 0 Å². The lowest BCUT2D eigenvalue weighted by molar-refractivity contribution is -0.154. The van der Waals surface area contributed by atoms with E-state index in [1.54, 1.807) is 29.2 Å². The van der Waals surface area contributed by atoms with Crippen molar-refractivity contribution in [1.82, 2.24) is 19.8 Å². The Labute approximate surface area is 158 Å². The van der Waals surface area contributed by atoms with Crippen LogP contribution < -0.4 is 0 Å². The summed E-state index contributed by atoms with van der Waals surface area (Å²) in [5.74, 6) is 0.850. The van der Waals surface area contributed by atoms with Gasteiger partial charge in [-0.05, 0) is 31.4 Å². The number of hydrogen-bond donors (Lipinski definition) is 2. The Balaban J connectivity index is 1.43. The van der Waals surface area contributed by atoms with Crippen molar-refractivity contribution >= 4 is 11.8 Å². The van der Waals surface area contributed by atoms with Crippen LogP contribution in [0.15, 0.2) is 36.7 Å². The number of benzene rings is 1. The highest BCUT2D eigenvalue weighted by molar-refractivity contribution is 5.95. The summed E-state index contributed by atoms with van der Waals surface area (Å²) in [6.45, 7) is 1.46. The molecule has 7 nitrogen and oxygen atoms in total. The molecule has 2 amide bonds. The molecule has 1 atom stereocenters. The van der Waals surface area contributed by atoms with Gasteiger partial charge in [0, 0.05) is 50.2 Å². The van der Waals surface area contributed by atoms with E-state index in [1.165, 1.54) is 0 Å². The standard InChI is InChI=1S/C20H24N4O3/c1-23-13-16(25)12-20(19(23)27)6-10-24(11-7-20)18(26)15-4-2-14(3-5-15)17-21-8-9-22-17/h2-5,8-9,16,25H,6-7,10-13H2,1H3,(H,21,22). The quantitative estimate of drug-likeness (QED) is 0.841. The van der Waals surface area contributed by atoms with Crippen LogP contribution in [0.2, 0.25) is 0 Å². The maximum absolute atomic E-state index is 12.8. The van der Waals surface area contributed by atoms with Gasteiger partial charge >= 0.3 is 0 Å². The highest BCUT2D eigenvalue weighted by atomic mass is 16.3. The van der Waals surface area contributed by atoms with Gasteiger partial charge < -0.3 is 19.9 Å². The van der Waals surface area contributed by atoms with Crippen molar-refractivity contribution in [1.29, 1.82) is 0 Å². The number of H-pyrrole nitrogens is 1. The Kier molecular flexibility index (Phi) is 4.47. The number of piperidine rings is 2. The number of imidazole rings is 1. The summed E-state index contributed by atoms with van der Waals surface area (Å²) in [7, 11) is 1.74. The van der Waals surface area contributed by atoms with Crippen LogP contribution >= 0.6 is 0 Å². The Morgan fingerprint density at radius 3 is 2.59 bits per heavy atom. The summed E-state index contributed by atoms with van der Waals surface area (Å²) in [6.07, 6.45) is 4.67. The van der Waals surface area contributed by atoms with Crippen molar-refractivity contribution in [2.24, 2.45) is 5.41 Å². The van der Waals surface area contributed by atoms with Gasteiger partial charge in [-0.3, -0.25) is 9.59 Å². The fourth-order valence-electron chi connectivity index (χ4n) is 4.34. The molecule has 142 valence electrons. The minimum Gasteiger partial charge on any atom is -0.391 e. The second-order valence-electron chi connectivity index (χ2n) is 7.63. The Morgan fingerprint density at radius 1 is 1.26 bits per heavy atom. The van der Waals surface area contributed by atoms with E-state index >= 15 is 0 Å². The minimum absolute atomic E-state index is 0.0204. The molecule has 1 aromatic heterocycles. The predicted molar refractivity (Wildman–Crippen MR) is 99.9 cm³/mol. The van der Waals surface area contributed by atoms with Gasteiger partial charge in [0.25, 0.3) is 5.91 Å². The van der Waals surface area contributed by atoms with Gasteiger partial charge in [-0.1, -0.05) is 12.1 Å². The molecule has 7 heteroatoms. The summed E-state index contributed by atoms with van der Waals surface area (Å²) < 4.78 is 0. The molecule has 2 aliphatic rings. The molecule has 1 unspecified atom stereocenters. The van der Waals surface area contributed by atoms with E-state index in [0.29, 0.717) is 44.5 Å². The topological polar surface area (TPSA) is 89.5 Å². The van der Waals surface area contributed by atoms with Gasteiger partial charge in [-0.15, -0.1) is 0 Å². The van der Waals surface area contributed by atoms with Gasteiger partial charge in [-0.25, -0.2) is 4.98 Å². The molecule has 2 saturated heterocycles. The highest BCUT2D eigenvalue weighted by Crippen LogP contribution is 2.40. The fourth-order valence-corrected chi connectivity index (χ4v) is 4.34. The second kappa shape index (κ2) is 6.81. The SMILES string of the molecule is CN1CC(O)CC2(CCN(C(=O)c3ccc(-c4ncc[nH]4)cc3)CC2)C1=O. The van der Waals surface area contributed by atoms with Crippen molar-refractivity contribution in [3.63, 3.8) is 0 Å². The molecule has 0 bridgehead atoms. The first-order valence-electron chi connectivity index (χ1n) is 9.31. The molecule has 27 heavy (non-hydrogen) atoms. The predicted octanol–water partition coefficient (Wildman–Crippen LogP) is 1.52. The van der Waals surface area contributed by atoms with E-state index in [1.807, 2.05) is 24.3 Å². The largest absolute Gasteiger partial charge is 0.391 e. The number of nitrogens with zero attached hydrogens (tertiary/aromatic N) is 3. The van der Waals surface area contributed by atoms with Crippen LogP contribution in [-0.4, -0.2) is 69.5 Å². The third-order valence-electron chi connectivity index (χ3n) is 5.82. The van der Waals surface area contributed by atoms with Crippen molar-refractivity contribution in [3.8, 4) is 11.4 Å². The number of β-amino-alcohol motifs (C(OH)–C–C–N with tert-alkyl or cyclic N) is 1. The van der Waals surface area contributed by atoms with Crippen LogP contribution in [0.25, 0.3) is 11.4 Å². The maximum Gasteiger partial charge on any atom is 0.253 e. The zero-order valence-corrected chi connectivity index (χ0v) is 15.4. The number of carbonyl (C=O) groups excluding carboxylic acids is 2. The number of likely N-dealkylation sites (N-methyl/N-ethyl adjacent to an activating group) is 1. The molecule has 1 spiro atoms. The third kappa shape index (κ3) is 3.23. The van der Waals surface area contributed by atoms with Gasteiger partial charge in [0.2, 0.25) is 5.91 Å². The lowest BCUT2D eigenvalue weighted by Crippen LogP contribution is -2.56. The molecular formula is C20H24N4O3. The van der Waals surface area contributed by atoms with Crippen molar-refractivity contribution in [2.75, 3.05) is 26.7 Å². The summed E-state index contributed by atoms with van der Waals surface area (Å²) in [6, 6.07) is 7.39. The number of nitrogens with one attached hydrogen (secondary N) is 1. The molecule has 2 aromatic rings. The van der Waals surface area contributed by atoms with Gasteiger partial charge in [0.05, 0.1) is 11.5 Å². The monoisotopic (exact) mass is 368 g/mol. The summed E-state index contributed by atoms with van der Waals surface area (Å²) >= 11 is 0. The average Bonchev–Trinajstić information content (AvgIpc) is 3.21. The number of hydrogen-bond acceptors (Lipinski definition) is 4. The zero-order valence-electron chi connectivity index (χ0n) is 15.4. The lowest BCUT2D eigenvalue weighted by atomic mass is 9.71. The van der Waals surface area contributed by atoms with Crippen LogP contribution in [-0.2, 0) is 4.79 Å². The Hall–Kier alpha value is -2.67. The number of amides is 2. The van der Waals surface area contributed by atoms with Crippen molar-refractivity contribution in [2.45, 2.75) is 25.4 Å². The van der Waals surface area contributed by atoms with Gasteiger partial charge in [-0.2, -0.15) is 0 Å². The molecule has 3 heterocycles. The molecule has 2 aliphatic heterocycles. The van der Waals surface area contributed by atoms with E-state index in [2.05, 4.69) is 9.97 Å². The van der Waals surface area contributed by atoms with Crippen LogP contribution in [0.4, 0.5) is 0 Å². The molecule has 4 rings (SSSR count). The number of carbonyl (C=O) groups is 2. The molecule has 0 saturated carbocycles. The molecule has 1 aromatic carbocycles. The number of likely N-dealkylation sites (tertiary alicyclic amines) is 2. The third-order valence-corrected chi connectivity index (χ3v) is 5.82. The van der Waals surface area contributed by atoms with E-state index in [4.69, 9.17) is 0 Å². The first-order valence-corrected chi connectivity index (χ1v) is 9.31. The van der Waals surface area contributed by atoms with E-state index in [9.17, 15) is 14.7 Å². The first kappa shape index (κ1) is 17.7. The number of aliphatic hydroxyl groups is 1. The summed E-state index contributed by atoms with van der Waals surface area (Å²) in [5, 5.41) is 10.1. The molecule has 0 aliphatic carbocycles. The van der Waals surface area contributed by atoms with Crippen molar-refractivity contribution < 1.29 is 14.7 Å². The second-order valence-corrected chi connectivity index (χ2v) is 7.63. The number of aromatic amines is 1. The van der Waals surface area contributed by atoms with E-state index < -0.39 is 11.5 Å². The minimum atomic E-state index is -0.521. The van der Waals surface area contributed by atoms with Crippen LogP contribution in [0.1, 0.15) is 29.6 Å². The number of aromatic nitrogens is 2. The lowest BCUT2D eigenvalue weighted by Gasteiger charge is -2.47. The van der Waals surface area contributed by atoms with Gasteiger partial charge in [0.1, 0.15) is 5.82 Å². The number of rotatable bonds is 2. The first-order chi connectivity index (χ1) is 13.0. The molecule has 0 radical (unpaired) electrons. The molecular weight excluding hydrogens is 344 g/mol. The molecule has 2 N–H and O–H groups in total. The summed E-state index contributed by atoms with van der Waals surface area (Å²) in [4.78, 5) is 36.2. The smallest absolute Gasteiger partial charge is 0.253 e. The fraction of sp³-hybridized carbons (Fsp3) is 0.450. The average molecular weight is 368 g/mol. The normalized spacial score (nSPS) is 22.3. The van der Waals surface area contributed by atoms with Crippen LogP contribution in [0.5, 0.6) is 0 Å². The molecule has 2 fully saturated rings. The van der Waals surface area contributed by atoms with E-state index in [-0.39, 0.29) is 11.8 Å². The maximum atomic E-state index is 12.8. The highest BCUT2D eigenvalue weighted by Gasteiger charge is 2.47. The number of aliphatic hydroxyl groups excluding tert-OH is 1. The van der Waals surface area contributed by atoms with E-state index in [0.717, 1.165) is 11.4 Å². The Morgan fingerprint density at radius 2 is 1.96 bits per heavy atom. The Bertz CT molecular complexity index is 823. The van der Waals surface area contributed by atoms with Crippen molar-refractivity contribution in [3.05, 3.63) is 42.2 Å². The summed E-state index contributed by atoms with van der Waals surface area (Å²) in [5.41, 5.74) is 1.04.